The molecule has 0 saturated carbocycles. The average molecular weight is 605 g/mol. The van der Waals surface area contributed by atoms with Gasteiger partial charge in [-0.15, -0.1) is 10.2 Å². The maximum absolute atomic E-state index is 13.5. The van der Waals surface area contributed by atoms with E-state index < -0.39 is 35.8 Å². The second-order valence-electron chi connectivity index (χ2n) is 8.70. The van der Waals surface area contributed by atoms with Crippen molar-refractivity contribution in [1.82, 2.24) is 20.1 Å². The van der Waals surface area contributed by atoms with Crippen LogP contribution in [0.5, 0.6) is 5.75 Å². The molecule has 11 nitrogen and oxygen atoms in total. The molecule has 0 radical (unpaired) electrons. The van der Waals surface area contributed by atoms with Gasteiger partial charge in [0.1, 0.15) is 11.8 Å². The monoisotopic (exact) mass is 604 g/mol. The lowest BCUT2D eigenvalue weighted by Crippen LogP contribution is -2.37. The van der Waals surface area contributed by atoms with Crippen LogP contribution in [0.2, 0.25) is 5.02 Å². The normalized spacial score (nSPS) is 12.7. The molecule has 42 heavy (non-hydrogen) atoms. The number of rotatable bonds is 13. The van der Waals surface area contributed by atoms with E-state index in [0.717, 1.165) is 4.57 Å². The molecule has 1 atom stereocenters. The number of benzene rings is 1. The first kappa shape index (κ1) is 31.9. The minimum Gasteiger partial charge on any atom is -0.495 e. The Hall–Kier alpha value is -4.62. The summed E-state index contributed by atoms with van der Waals surface area (Å²) >= 11 is 6.22. The first-order chi connectivity index (χ1) is 20.0. The summed E-state index contributed by atoms with van der Waals surface area (Å²) in [5.41, 5.74) is 0.336. The average Bonchev–Trinajstić information content (AvgIpc) is 3.46. The van der Waals surface area contributed by atoms with Crippen molar-refractivity contribution in [2.75, 3.05) is 20.8 Å². The Morgan fingerprint density at radius 3 is 2.52 bits per heavy atom. The number of hydrogen-bond acceptors (Lipinski definition) is 8. The molecule has 0 aliphatic rings. The third kappa shape index (κ3) is 7.56. The van der Waals surface area contributed by atoms with Crippen LogP contribution in [-0.4, -0.2) is 52.6 Å². The van der Waals surface area contributed by atoms with Crippen molar-refractivity contribution in [3.05, 3.63) is 87.8 Å². The molecule has 14 heteroatoms. The Balaban J connectivity index is 2.10. The number of carboxylic acid groups (broad SMARTS) is 1. The first-order valence-electron chi connectivity index (χ1n) is 12.3. The third-order valence-electron chi connectivity index (χ3n) is 5.97. The highest BCUT2D eigenvalue weighted by molar-refractivity contribution is 6.31. The number of halogens is 3. The lowest BCUT2D eigenvalue weighted by Gasteiger charge is -2.21. The zero-order chi connectivity index (χ0) is 31.0. The van der Waals surface area contributed by atoms with Gasteiger partial charge in [-0.3, -0.25) is 14.2 Å². The Morgan fingerprint density at radius 1 is 1.19 bits per heavy atom. The number of alkyl halides is 2. The lowest BCUT2D eigenvalue weighted by atomic mass is 9.99. The van der Waals surface area contributed by atoms with Gasteiger partial charge in [0.2, 0.25) is 11.8 Å². The topological polar surface area (TPSA) is 146 Å². The number of amides is 1. The van der Waals surface area contributed by atoms with Gasteiger partial charge >= 0.3 is 12.4 Å². The highest BCUT2D eigenvalue weighted by Crippen LogP contribution is 2.38. The van der Waals surface area contributed by atoms with E-state index in [1.807, 2.05) is 0 Å². The molecule has 1 unspecified atom stereocenters. The van der Waals surface area contributed by atoms with Crippen LogP contribution >= 0.6 is 11.6 Å². The van der Waals surface area contributed by atoms with Gasteiger partial charge in [-0.1, -0.05) is 24.3 Å². The largest absolute Gasteiger partial charge is 0.495 e. The molecule has 2 N–H and O–H groups in total. The molecule has 3 rings (SSSR count). The summed E-state index contributed by atoms with van der Waals surface area (Å²) in [6.07, 6.45) is 2.41. The van der Waals surface area contributed by atoms with Crippen LogP contribution in [0.15, 0.2) is 75.8 Å². The number of allylic oxidation sites excluding steroid dienone is 3. The van der Waals surface area contributed by atoms with E-state index in [1.165, 1.54) is 69.8 Å². The van der Waals surface area contributed by atoms with E-state index in [9.17, 15) is 23.2 Å². The van der Waals surface area contributed by atoms with Crippen molar-refractivity contribution in [2.24, 2.45) is 0 Å². The second kappa shape index (κ2) is 14.3. The van der Waals surface area contributed by atoms with Crippen LogP contribution in [0.25, 0.3) is 22.6 Å². The minimum atomic E-state index is -2.98. The fourth-order valence-electron chi connectivity index (χ4n) is 3.80. The van der Waals surface area contributed by atoms with Gasteiger partial charge in [0.15, 0.2) is 0 Å². The number of hydrogen-bond donors (Lipinski definition) is 2. The third-order valence-corrected chi connectivity index (χ3v) is 6.20. The van der Waals surface area contributed by atoms with Gasteiger partial charge in [0.25, 0.3) is 11.4 Å². The number of carboxylic acids is 1. The molecule has 0 bridgehead atoms. The number of aliphatic carboxylic acids is 1. The van der Waals surface area contributed by atoms with Crippen molar-refractivity contribution < 1.29 is 37.4 Å². The van der Waals surface area contributed by atoms with Gasteiger partial charge in [0, 0.05) is 53.6 Å². The molecule has 0 saturated heterocycles. The molecule has 0 aliphatic carbocycles. The molecule has 0 spiro atoms. The van der Waals surface area contributed by atoms with Crippen LogP contribution in [0.1, 0.15) is 31.7 Å². The number of nitrogens with zero attached hydrogens (tertiary/aromatic N) is 3. The maximum Gasteiger partial charge on any atom is 0.331 e. The van der Waals surface area contributed by atoms with Gasteiger partial charge in [0.05, 0.1) is 13.3 Å². The highest BCUT2D eigenvalue weighted by atomic mass is 35.5. The number of aromatic nitrogens is 3. The fourth-order valence-corrected chi connectivity index (χ4v) is 3.97. The molecule has 222 valence electrons. The number of carbonyl (C=O) groups excluding carboxylic acids is 1. The maximum atomic E-state index is 13.5. The van der Waals surface area contributed by atoms with E-state index in [1.54, 1.807) is 0 Å². The fraction of sp³-hybridized carbons (Fsp3) is 0.250. The van der Waals surface area contributed by atoms with Crippen molar-refractivity contribution in [3.8, 4) is 28.3 Å². The standard InChI is InChI=1S/C28H27ClF2N4O7/c1-5-17(8-6-15(2)28(38)39)32-25(37)21(10-11-40-3)35-14-22(41-4)20(13-23(35)36)19-12-16(29)7-9-18(19)26-33-34-27(42-26)24(30)31/h5-9,12-14,21,24H,1,10-11H2,2-4H3,(H,32,37)(H,38,39)/b15-6+,17-8+. The number of nitrogens with one attached hydrogen (secondary N) is 1. The van der Waals surface area contributed by atoms with Crippen molar-refractivity contribution in [3.63, 3.8) is 0 Å². The smallest absolute Gasteiger partial charge is 0.331 e. The van der Waals surface area contributed by atoms with Gasteiger partial charge in [-0.25, -0.2) is 4.79 Å². The molecule has 1 aromatic carbocycles. The number of carbonyl (C=O) groups is 2. The van der Waals surface area contributed by atoms with E-state index in [0.29, 0.717) is 0 Å². The molecule has 1 amide bonds. The Labute approximate surface area is 243 Å². The Kier molecular flexibility index (Phi) is 10.9. The van der Waals surface area contributed by atoms with Crippen LogP contribution in [0.3, 0.4) is 0 Å². The molecule has 0 aliphatic heterocycles. The molecule has 2 aromatic heterocycles. The Bertz CT molecular complexity index is 1600. The Morgan fingerprint density at radius 2 is 1.93 bits per heavy atom. The molecular weight excluding hydrogens is 578 g/mol. The summed E-state index contributed by atoms with van der Waals surface area (Å²) in [6.45, 7) is 5.13. The van der Waals surface area contributed by atoms with Crippen LogP contribution < -0.4 is 15.6 Å². The lowest BCUT2D eigenvalue weighted by molar-refractivity contribution is -0.132. The number of methoxy groups -OCH3 is 2. The number of pyridine rings is 1. The summed E-state index contributed by atoms with van der Waals surface area (Å²) in [5, 5.41) is 19.0. The molecule has 3 aromatic rings. The van der Waals surface area contributed by atoms with Gasteiger partial charge in [-0.2, -0.15) is 8.78 Å². The second-order valence-corrected chi connectivity index (χ2v) is 9.14. The van der Waals surface area contributed by atoms with E-state index in [4.69, 9.17) is 30.6 Å². The van der Waals surface area contributed by atoms with E-state index >= 15 is 0 Å². The minimum absolute atomic E-state index is 0.0300. The number of ether oxygens (including phenoxy) is 2. The zero-order valence-electron chi connectivity index (χ0n) is 22.8. The molecular formula is C28H27ClF2N4O7. The van der Waals surface area contributed by atoms with Crippen molar-refractivity contribution in [1.29, 1.82) is 0 Å². The van der Waals surface area contributed by atoms with Crippen LogP contribution in [0, 0.1) is 0 Å². The molecule has 0 fully saturated rings. The van der Waals surface area contributed by atoms with Crippen LogP contribution in [0.4, 0.5) is 8.78 Å². The first-order valence-corrected chi connectivity index (χ1v) is 12.6. The zero-order valence-corrected chi connectivity index (χ0v) is 23.5. The van der Waals surface area contributed by atoms with Crippen LogP contribution in [-0.2, 0) is 14.3 Å². The highest BCUT2D eigenvalue weighted by Gasteiger charge is 2.26. The SMILES string of the molecule is C=C/C(=C\C=C(/C)C(=O)O)NC(=O)C(CCOC)n1cc(OC)c(-c2cc(Cl)ccc2-c2nnc(C(F)F)o2)cc1=O. The van der Waals surface area contributed by atoms with E-state index in [-0.39, 0.29) is 57.7 Å². The quantitative estimate of drug-likeness (QED) is 0.204. The van der Waals surface area contributed by atoms with Crippen molar-refractivity contribution in [2.45, 2.75) is 25.8 Å². The summed E-state index contributed by atoms with van der Waals surface area (Å²) in [7, 11) is 2.78. The summed E-state index contributed by atoms with van der Waals surface area (Å²) in [6, 6.07) is 4.56. The van der Waals surface area contributed by atoms with Crippen molar-refractivity contribution >= 4 is 23.5 Å². The van der Waals surface area contributed by atoms with E-state index in [2.05, 4.69) is 22.1 Å². The van der Waals surface area contributed by atoms with Gasteiger partial charge < -0.3 is 24.3 Å². The molecule has 2 heterocycles. The predicted octanol–water partition coefficient (Wildman–Crippen LogP) is 4.96. The predicted molar refractivity (Wildman–Crippen MR) is 149 cm³/mol. The summed E-state index contributed by atoms with van der Waals surface area (Å²) in [4.78, 5) is 37.9. The summed E-state index contributed by atoms with van der Waals surface area (Å²) < 4.78 is 43.1. The van der Waals surface area contributed by atoms with Gasteiger partial charge in [-0.05, 0) is 42.8 Å². The summed E-state index contributed by atoms with van der Waals surface area (Å²) in [5.74, 6) is -2.70.